The normalized spacial score (nSPS) is 13.1. The molecule has 0 aliphatic heterocycles. The molecule has 0 amide bonds. The van der Waals surface area contributed by atoms with E-state index in [1.165, 1.54) is 0 Å². The Hall–Kier alpha value is -2.62. The van der Waals surface area contributed by atoms with Crippen LogP contribution in [0.4, 0.5) is 24.5 Å². The molecule has 3 aromatic rings. The highest BCUT2D eigenvalue weighted by Gasteiger charge is 2.33. The van der Waals surface area contributed by atoms with Crippen LogP contribution in [-0.2, 0) is 22.7 Å². The number of imidazole rings is 1. The third-order valence-electron chi connectivity index (χ3n) is 4.44. The number of hydrogen-bond donors (Lipinski definition) is 2. The van der Waals surface area contributed by atoms with Gasteiger partial charge >= 0.3 is 6.18 Å². The predicted molar refractivity (Wildman–Crippen MR) is 104 cm³/mol. The molecule has 0 fully saturated rings. The van der Waals surface area contributed by atoms with E-state index in [0.29, 0.717) is 5.69 Å². The van der Waals surface area contributed by atoms with Gasteiger partial charge in [-0.25, -0.2) is 4.98 Å². The number of alkyl halides is 3. The fourth-order valence-corrected chi connectivity index (χ4v) is 4.29. The average molecular weight is 411 g/mol. The lowest BCUT2D eigenvalue weighted by molar-refractivity contribution is -0.136. The van der Waals surface area contributed by atoms with Crippen LogP contribution in [0.5, 0.6) is 0 Å². The SMILES string of the molecule is Cc1cnc(C[S@](=O)c2nc3cc(N)c(C(F)(F)F)cc3[nH]2)c(C)c1N(C)C. The van der Waals surface area contributed by atoms with Gasteiger partial charge in [-0.05, 0) is 37.1 Å². The van der Waals surface area contributed by atoms with Crippen LogP contribution in [0, 0.1) is 13.8 Å². The van der Waals surface area contributed by atoms with Gasteiger partial charge in [0.05, 0.1) is 38.8 Å². The fraction of sp³-hybridized carbons (Fsp3) is 0.333. The highest BCUT2D eigenvalue weighted by Crippen LogP contribution is 2.35. The molecular formula is C18H20F3N5OS. The van der Waals surface area contributed by atoms with Crippen molar-refractivity contribution in [2.75, 3.05) is 24.7 Å². The molecule has 0 saturated heterocycles. The van der Waals surface area contributed by atoms with E-state index in [9.17, 15) is 17.4 Å². The highest BCUT2D eigenvalue weighted by atomic mass is 32.2. The number of benzene rings is 1. The minimum atomic E-state index is -4.58. The summed E-state index contributed by atoms with van der Waals surface area (Å²) >= 11 is 0. The van der Waals surface area contributed by atoms with Crippen LogP contribution in [-0.4, -0.2) is 33.3 Å². The summed E-state index contributed by atoms with van der Waals surface area (Å²) < 4.78 is 51.8. The average Bonchev–Trinajstić information content (AvgIpc) is 2.98. The van der Waals surface area contributed by atoms with Crippen molar-refractivity contribution in [2.45, 2.75) is 30.9 Å². The summed E-state index contributed by atoms with van der Waals surface area (Å²) in [4.78, 5) is 13.2. The second-order valence-corrected chi connectivity index (χ2v) is 8.11. The van der Waals surface area contributed by atoms with Gasteiger partial charge in [-0.2, -0.15) is 13.2 Å². The highest BCUT2D eigenvalue weighted by molar-refractivity contribution is 7.84. The summed E-state index contributed by atoms with van der Waals surface area (Å²) in [5.74, 6) is 0.0917. The van der Waals surface area contributed by atoms with E-state index >= 15 is 0 Å². The first-order chi connectivity index (χ1) is 13.0. The van der Waals surface area contributed by atoms with Crippen molar-refractivity contribution in [1.29, 1.82) is 0 Å². The van der Waals surface area contributed by atoms with Crippen LogP contribution in [0.2, 0.25) is 0 Å². The van der Waals surface area contributed by atoms with Crippen molar-refractivity contribution in [2.24, 2.45) is 0 Å². The first-order valence-electron chi connectivity index (χ1n) is 8.36. The van der Waals surface area contributed by atoms with Crippen molar-refractivity contribution >= 4 is 33.2 Å². The molecule has 0 aliphatic carbocycles. The Bertz CT molecular complexity index is 1080. The van der Waals surface area contributed by atoms with Crippen LogP contribution in [0.1, 0.15) is 22.4 Å². The van der Waals surface area contributed by atoms with Crippen LogP contribution >= 0.6 is 0 Å². The number of halogens is 3. The molecule has 3 N–H and O–H groups in total. The van der Waals surface area contributed by atoms with Crippen molar-refractivity contribution in [3.8, 4) is 0 Å². The first kappa shape index (κ1) is 20.1. The number of fused-ring (bicyclic) bond motifs is 1. The number of nitrogens with two attached hydrogens (primary N) is 1. The molecule has 6 nitrogen and oxygen atoms in total. The summed E-state index contributed by atoms with van der Waals surface area (Å²) in [5, 5.41) is 0.0851. The molecular weight excluding hydrogens is 391 g/mol. The van der Waals surface area contributed by atoms with Crippen LogP contribution in [0.25, 0.3) is 11.0 Å². The van der Waals surface area contributed by atoms with Gasteiger partial charge in [0.25, 0.3) is 0 Å². The quantitative estimate of drug-likeness (QED) is 0.641. The van der Waals surface area contributed by atoms with Gasteiger partial charge in [-0.1, -0.05) is 0 Å². The molecule has 2 aromatic heterocycles. The Labute approximate surface area is 162 Å². The molecule has 0 unspecified atom stereocenters. The van der Waals surface area contributed by atoms with E-state index in [1.807, 2.05) is 32.8 Å². The van der Waals surface area contributed by atoms with Crippen LogP contribution in [0.15, 0.2) is 23.5 Å². The Morgan fingerprint density at radius 3 is 2.54 bits per heavy atom. The van der Waals surface area contributed by atoms with Crippen LogP contribution in [0.3, 0.4) is 0 Å². The van der Waals surface area contributed by atoms with E-state index in [0.717, 1.165) is 28.9 Å². The summed E-state index contributed by atoms with van der Waals surface area (Å²) in [5.41, 5.74) is 8.02. The summed E-state index contributed by atoms with van der Waals surface area (Å²) in [6, 6.07) is 2.02. The molecule has 10 heteroatoms. The fourth-order valence-electron chi connectivity index (χ4n) is 3.19. The lowest BCUT2D eigenvalue weighted by Crippen LogP contribution is -2.14. The molecule has 150 valence electrons. The number of rotatable bonds is 4. The van der Waals surface area contributed by atoms with Crippen molar-refractivity contribution in [3.63, 3.8) is 0 Å². The zero-order valence-electron chi connectivity index (χ0n) is 15.8. The molecule has 0 bridgehead atoms. The number of aromatic amines is 1. The van der Waals surface area contributed by atoms with E-state index in [-0.39, 0.29) is 21.9 Å². The summed E-state index contributed by atoms with van der Waals surface area (Å²) in [6.45, 7) is 3.84. The number of aryl methyl sites for hydroxylation is 1. The lowest BCUT2D eigenvalue weighted by Gasteiger charge is -2.20. The minimum absolute atomic E-state index is 0.0851. The van der Waals surface area contributed by atoms with Gasteiger partial charge in [0.1, 0.15) is 0 Å². The topological polar surface area (TPSA) is 87.9 Å². The third kappa shape index (κ3) is 3.68. The predicted octanol–water partition coefficient (Wildman–Crippen LogP) is 3.55. The molecule has 28 heavy (non-hydrogen) atoms. The number of nitrogens with one attached hydrogen (secondary N) is 1. The zero-order valence-corrected chi connectivity index (χ0v) is 16.6. The molecule has 0 saturated carbocycles. The van der Waals surface area contributed by atoms with Gasteiger partial charge in [-0.3, -0.25) is 9.19 Å². The van der Waals surface area contributed by atoms with Gasteiger partial charge in [0.2, 0.25) is 0 Å². The molecule has 1 atom stereocenters. The summed E-state index contributed by atoms with van der Waals surface area (Å²) in [6.07, 6.45) is -2.86. The second kappa shape index (κ2) is 7.08. The number of hydrogen-bond acceptors (Lipinski definition) is 5. The Kier molecular flexibility index (Phi) is 5.09. The van der Waals surface area contributed by atoms with Crippen molar-refractivity contribution < 1.29 is 17.4 Å². The number of nitrogen functional groups attached to an aromatic ring is 1. The molecule has 0 aliphatic rings. The number of aromatic nitrogens is 3. The van der Waals surface area contributed by atoms with Gasteiger partial charge < -0.3 is 15.6 Å². The Morgan fingerprint density at radius 1 is 1.25 bits per heavy atom. The minimum Gasteiger partial charge on any atom is -0.398 e. The Morgan fingerprint density at radius 2 is 1.93 bits per heavy atom. The molecule has 3 rings (SSSR count). The van der Waals surface area contributed by atoms with E-state index in [1.54, 1.807) is 6.20 Å². The smallest absolute Gasteiger partial charge is 0.398 e. The van der Waals surface area contributed by atoms with E-state index < -0.39 is 28.2 Å². The maximum atomic E-state index is 13.0. The maximum Gasteiger partial charge on any atom is 0.418 e. The second-order valence-electron chi connectivity index (χ2n) is 6.74. The maximum absolute atomic E-state index is 13.0. The monoisotopic (exact) mass is 411 g/mol. The van der Waals surface area contributed by atoms with E-state index in [4.69, 9.17) is 5.73 Å². The molecule has 0 radical (unpaired) electrons. The standard InChI is InChI=1S/C18H20F3N5OS/c1-9-7-23-15(10(2)16(9)26(3)4)8-28(27)17-24-13-5-11(18(19,20)21)12(22)6-14(13)25-17/h5-7H,8,22H2,1-4H3,(H,24,25)/t28-/m0/s1. The molecule has 1 aromatic carbocycles. The number of anilines is 2. The molecule has 0 spiro atoms. The molecule has 2 heterocycles. The van der Waals surface area contributed by atoms with Crippen LogP contribution < -0.4 is 10.6 Å². The zero-order chi connectivity index (χ0) is 20.8. The Balaban J connectivity index is 1.96. The number of nitrogens with zero attached hydrogens (tertiary/aromatic N) is 3. The van der Waals surface area contributed by atoms with E-state index in [2.05, 4.69) is 15.0 Å². The summed E-state index contributed by atoms with van der Waals surface area (Å²) in [7, 11) is 2.22. The van der Waals surface area contributed by atoms with Gasteiger partial charge in [0.15, 0.2) is 5.16 Å². The van der Waals surface area contributed by atoms with Crippen molar-refractivity contribution in [1.82, 2.24) is 15.0 Å². The number of pyridine rings is 1. The van der Waals surface area contributed by atoms with Gasteiger partial charge in [0, 0.05) is 31.7 Å². The van der Waals surface area contributed by atoms with Gasteiger partial charge in [-0.15, -0.1) is 0 Å². The van der Waals surface area contributed by atoms with Crippen molar-refractivity contribution in [3.05, 3.63) is 40.7 Å². The first-order valence-corrected chi connectivity index (χ1v) is 9.68. The number of H-pyrrole nitrogens is 1. The third-order valence-corrected chi connectivity index (χ3v) is 5.60. The lowest BCUT2D eigenvalue weighted by atomic mass is 10.1. The largest absolute Gasteiger partial charge is 0.418 e.